The van der Waals surface area contributed by atoms with E-state index in [0.717, 1.165) is 23.0 Å². The van der Waals surface area contributed by atoms with E-state index in [-0.39, 0.29) is 24.4 Å². The van der Waals surface area contributed by atoms with Gasteiger partial charge in [-0.1, -0.05) is 13.3 Å². The second-order valence-electron chi connectivity index (χ2n) is 6.36. The Morgan fingerprint density at radius 2 is 1.77 bits per heavy atom. The maximum absolute atomic E-state index is 10.9. The number of quaternary nitrogens is 1. The van der Waals surface area contributed by atoms with Gasteiger partial charge in [-0.25, -0.2) is 0 Å². The van der Waals surface area contributed by atoms with E-state index in [2.05, 4.69) is 6.92 Å². The maximum Gasteiger partial charge on any atom is 0.246 e. The topological polar surface area (TPSA) is 66.6 Å². The summed E-state index contributed by atoms with van der Waals surface area (Å²) in [5, 5.41) is 9.05. The van der Waals surface area contributed by atoms with Gasteiger partial charge >= 0.3 is 0 Å². The number of primary amides is 1. The Morgan fingerprint density at radius 3 is 1.95 bits per heavy atom. The van der Waals surface area contributed by atoms with Gasteiger partial charge in [0.05, 0.1) is 27.0 Å². The van der Waals surface area contributed by atoms with Crippen molar-refractivity contribution in [1.29, 1.82) is 0 Å². The number of alkyl halides is 1. The second-order valence-corrected chi connectivity index (χ2v) is 6.67. The summed E-state index contributed by atoms with van der Waals surface area (Å²) < 4.78 is 0.758. The monoisotopic (exact) mass is 357 g/mol. The minimum Gasteiger partial charge on any atom is -1.00 e. The van der Waals surface area contributed by atoms with Crippen molar-refractivity contribution in [1.82, 2.24) is 4.90 Å². The first-order valence-electron chi connectivity index (χ1n) is 7.17. The second kappa shape index (κ2) is 13.0. The fourth-order valence-electron chi connectivity index (χ4n) is 1.81. The van der Waals surface area contributed by atoms with Crippen LogP contribution >= 0.6 is 11.6 Å². The summed E-state index contributed by atoms with van der Waals surface area (Å²) >= 11 is 5.40. The molecule has 1 unspecified atom stereocenters. The summed E-state index contributed by atoms with van der Waals surface area (Å²) in [4.78, 5) is 12.8. The zero-order chi connectivity index (χ0) is 17.2. The highest BCUT2D eigenvalue weighted by Gasteiger charge is 2.13. The number of amides is 1. The highest BCUT2D eigenvalue weighted by Crippen LogP contribution is 2.12. The summed E-state index contributed by atoms with van der Waals surface area (Å²) in [6.45, 7) is 4.56. The van der Waals surface area contributed by atoms with Crippen LogP contribution in [0.1, 0.15) is 26.7 Å². The third-order valence-corrected chi connectivity index (χ3v) is 3.12. The molecule has 1 atom stereocenters. The molecular formula is C15H33Cl2N3O2. The van der Waals surface area contributed by atoms with E-state index in [1.165, 1.54) is 0 Å². The molecule has 0 heterocycles. The molecule has 7 heteroatoms. The average Bonchev–Trinajstić information content (AvgIpc) is 2.33. The van der Waals surface area contributed by atoms with E-state index in [4.69, 9.17) is 22.4 Å². The number of halogens is 2. The first kappa shape index (κ1) is 26.4. The van der Waals surface area contributed by atoms with E-state index in [1.807, 2.05) is 40.1 Å². The molecule has 5 nitrogen and oxygen atoms in total. The van der Waals surface area contributed by atoms with E-state index in [0.29, 0.717) is 18.0 Å². The molecule has 22 heavy (non-hydrogen) atoms. The van der Waals surface area contributed by atoms with Gasteiger partial charge in [-0.15, -0.1) is 11.6 Å². The Labute approximate surface area is 147 Å². The lowest BCUT2D eigenvalue weighted by atomic mass is 10.1. The van der Waals surface area contributed by atoms with Gasteiger partial charge in [0.15, 0.2) is 0 Å². The van der Waals surface area contributed by atoms with Crippen LogP contribution in [0.5, 0.6) is 0 Å². The third-order valence-electron chi connectivity index (χ3n) is 2.77. The Balaban J connectivity index is -0.000000326. The predicted molar refractivity (Wildman–Crippen MR) is 90.1 cm³/mol. The number of nitrogens with two attached hydrogens (primary N) is 1. The van der Waals surface area contributed by atoms with Crippen molar-refractivity contribution in [2.45, 2.75) is 32.8 Å². The molecule has 3 N–H and O–H groups in total. The van der Waals surface area contributed by atoms with Gasteiger partial charge in [0.2, 0.25) is 5.91 Å². The quantitative estimate of drug-likeness (QED) is 0.327. The van der Waals surface area contributed by atoms with Crippen molar-refractivity contribution in [2.24, 2.45) is 5.73 Å². The Morgan fingerprint density at radius 1 is 1.32 bits per heavy atom. The summed E-state index contributed by atoms with van der Waals surface area (Å²) in [5.74, 6) is 0.00218. The van der Waals surface area contributed by atoms with Crippen LogP contribution in [-0.4, -0.2) is 74.2 Å². The van der Waals surface area contributed by atoms with Crippen LogP contribution in [0.2, 0.25) is 0 Å². The van der Waals surface area contributed by atoms with Crippen LogP contribution in [0, 0.1) is 0 Å². The van der Waals surface area contributed by atoms with Crippen molar-refractivity contribution >= 4 is 17.5 Å². The number of carbonyl (C=O) groups is 1. The number of nitrogens with zero attached hydrogens (tertiary/aromatic N) is 2. The highest BCUT2D eigenvalue weighted by molar-refractivity contribution is 6.18. The molecule has 0 bridgehead atoms. The summed E-state index contributed by atoms with van der Waals surface area (Å²) in [6.07, 6.45) is 1.56. The van der Waals surface area contributed by atoms with Gasteiger partial charge < -0.3 is 32.6 Å². The summed E-state index contributed by atoms with van der Waals surface area (Å²) in [6, 6.07) is 0. The predicted octanol–water partition coefficient (Wildman–Crippen LogP) is -1.60. The highest BCUT2D eigenvalue weighted by atomic mass is 35.5. The molecule has 0 aromatic rings. The Kier molecular flexibility index (Phi) is 15.6. The van der Waals surface area contributed by atoms with Crippen molar-refractivity contribution in [3.63, 3.8) is 0 Å². The van der Waals surface area contributed by atoms with E-state index in [1.54, 1.807) is 6.92 Å². The van der Waals surface area contributed by atoms with Crippen LogP contribution < -0.4 is 18.1 Å². The molecule has 0 radical (unpaired) electrons. The van der Waals surface area contributed by atoms with Crippen LogP contribution in [0.4, 0.5) is 0 Å². The fourth-order valence-corrected chi connectivity index (χ4v) is 1.90. The first-order valence-corrected chi connectivity index (χ1v) is 7.71. The zero-order valence-corrected chi connectivity index (χ0v) is 16.5. The number of carbonyl (C=O) groups excluding carboxylic acids is 1. The van der Waals surface area contributed by atoms with Gasteiger partial charge in [-0.3, -0.25) is 4.79 Å². The van der Waals surface area contributed by atoms with Gasteiger partial charge in [0.1, 0.15) is 12.6 Å². The molecule has 0 aliphatic carbocycles. The molecule has 134 valence electrons. The van der Waals surface area contributed by atoms with E-state index in [9.17, 15) is 4.79 Å². The lowest BCUT2D eigenvalue weighted by molar-refractivity contribution is -0.873. The van der Waals surface area contributed by atoms with Crippen molar-refractivity contribution in [3.8, 4) is 0 Å². The van der Waals surface area contributed by atoms with Gasteiger partial charge in [0.25, 0.3) is 0 Å². The lowest BCUT2D eigenvalue weighted by Crippen LogP contribution is -3.00. The SMILES string of the molecule is CCC/C(=C(/C)C(N)=O)N(C)C.C[N+](C)(C)CC(O)CCl.[Cl-]. The number of aliphatic hydroxyl groups is 1. The number of rotatable bonds is 7. The minimum absolute atomic E-state index is 0. The minimum atomic E-state index is -0.369. The van der Waals surface area contributed by atoms with Crippen molar-refractivity contribution in [3.05, 3.63) is 11.3 Å². The molecule has 0 aliphatic heterocycles. The first-order chi connectivity index (χ1) is 9.46. The molecule has 0 rings (SSSR count). The summed E-state index contributed by atoms with van der Waals surface area (Å²) in [5.41, 5.74) is 6.88. The van der Waals surface area contributed by atoms with Crippen LogP contribution in [0.25, 0.3) is 0 Å². The Bertz CT molecular complexity index is 340. The zero-order valence-electron chi connectivity index (χ0n) is 15.0. The molecular weight excluding hydrogens is 325 g/mol. The maximum atomic E-state index is 10.9. The number of likely N-dealkylation sites (N-methyl/N-ethyl adjacent to an activating group) is 1. The van der Waals surface area contributed by atoms with E-state index < -0.39 is 0 Å². The van der Waals surface area contributed by atoms with Crippen molar-refractivity contribution < 1.29 is 26.8 Å². The molecule has 1 amide bonds. The smallest absolute Gasteiger partial charge is 0.246 e. The Hall–Kier alpha value is -0.490. The van der Waals surface area contributed by atoms with Crippen LogP contribution in [0.3, 0.4) is 0 Å². The van der Waals surface area contributed by atoms with Crippen molar-refractivity contribution in [2.75, 3.05) is 47.7 Å². The van der Waals surface area contributed by atoms with Gasteiger partial charge in [-0.05, 0) is 13.3 Å². The molecule has 0 aromatic heterocycles. The summed E-state index contributed by atoms with van der Waals surface area (Å²) in [7, 11) is 9.93. The molecule has 0 saturated heterocycles. The number of allylic oxidation sites excluding steroid dienone is 1. The average molecular weight is 358 g/mol. The molecule has 0 aromatic carbocycles. The largest absolute Gasteiger partial charge is 1.00 e. The molecule has 0 spiro atoms. The van der Waals surface area contributed by atoms with Gasteiger partial charge in [0, 0.05) is 25.4 Å². The standard InChI is InChI=1S/C9H18N2O.C6H15ClNO.ClH/c1-5-6-8(11(3)4)7(2)9(10)12;1-8(2,3)5-6(9)4-7;/h5-6H2,1-4H3,(H2,10,12);6,9H,4-5H2,1-3H3;1H/q;+1;/p-1/b8-7+;;. The van der Waals surface area contributed by atoms with Crippen LogP contribution in [0.15, 0.2) is 11.3 Å². The number of aliphatic hydroxyl groups excluding tert-OH is 1. The third kappa shape index (κ3) is 14.4. The molecule has 0 saturated carbocycles. The van der Waals surface area contributed by atoms with Gasteiger partial charge in [-0.2, -0.15) is 0 Å². The van der Waals surface area contributed by atoms with Crippen LogP contribution in [-0.2, 0) is 4.79 Å². The molecule has 0 fully saturated rings. The fraction of sp³-hybridized carbons (Fsp3) is 0.800. The van der Waals surface area contributed by atoms with E-state index >= 15 is 0 Å². The molecule has 0 aliphatic rings. The lowest BCUT2D eigenvalue weighted by Gasteiger charge is -2.25. The number of hydrogen-bond donors (Lipinski definition) is 2. The number of hydrogen-bond acceptors (Lipinski definition) is 3. The normalized spacial score (nSPS) is 13.1.